The van der Waals surface area contributed by atoms with Gasteiger partial charge in [0.15, 0.2) is 11.6 Å². The summed E-state index contributed by atoms with van der Waals surface area (Å²) in [7, 11) is 0. The molecule has 19 heavy (non-hydrogen) atoms. The molecule has 0 bridgehead atoms. The smallest absolute Gasteiger partial charge is 0.180 e. The Kier molecular flexibility index (Phi) is 6.09. The largest absolute Gasteiger partial charge is 0.381 e. The van der Waals surface area contributed by atoms with Gasteiger partial charge in [-0.25, -0.2) is 0 Å². The highest BCUT2D eigenvalue weighted by atomic mass is 16.5. The second kappa shape index (κ2) is 7.59. The SMILES string of the molecule is CCOCCC(=O)C(C(C)=O)C(=O)c1ccccc1. The number of ketones is 3. The molecule has 1 atom stereocenters. The molecule has 0 fully saturated rings. The molecular formula is C15H18O4. The van der Waals surface area contributed by atoms with E-state index in [4.69, 9.17) is 4.74 Å². The highest BCUT2D eigenvalue weighted by Gasteiger charge is 2.31. The second-order valence-corrected chi connectivity index (χ2v) is 4.19. The Bertz CT molecular complexity index is 450. The third-order valence-corrected chi connectivity index (χ3v) is 2.75. The van der Waals surface area contributed by atoms with Crippen molar-refractivity contribution in [1.82, 2.24) is 0 Å². The predicted octanol–water partition coefficient (Wildman–Crippen LogP) is 2.07. The summed E-state index contributed by atoms with van der Waals surface area (Å²) < 4.78 is 5.08. The van der Waals surface area contributed by atoms with Crippen LogP contribution in [0, 0.1) is 5.92 Å². The Labute approximate surface area is 112 Å². The molecule has 0 aliphatic carbocycles. The van der Waals surface area contributed by atoms with Crippen LogP contribution in [0.4, 0.5) is 0 Å². The zero-order valence-electron chi connectivity index (χ0n) is 11.2. The lowest BCUT2D eigenvalue weighted by Crippen LogP contribution is -2.31. The number of hydrogen-bond donors (Lipinski definition) is 0. The van der Waals surface area contributed by atoms with Crippen LogP contribution in [-0.2, 0) is 14.3 Å². The third kappa shape index (κ3) is 4.41. The number of rotatable bonds is 8. The van der Waals surface area contributed by atoms with Gasteiger partial charge >= 0.3 is 0 Å². The van der Waals surface area contributed by atoms with Crippen molar-refractivity contribution < 1.29 is 19.1 Å². The second-order valence-electron chi connectivity index (χ2n) is 4.19. The fraction of sp³-hybridized carbons (Fsp3) is 0.400. The third-order valence-electron chi connectivity index (χ3n) is 2.75. The summed E-state index contributed by atoms with van der Waals surface area (Å²) in [5.41, 5.74) is 0.382. The molecular weight excluding hydrogens is 244 g/mol. The maximum Gasteiger partial charge on any atom is 0.180 e. The summed E-state index contributed by atoms with van der Waals surface area (Å²) >= 11 is 0. The molecule has 0 radical (unpaired) electrons. The van der Waals surface area contributed by atoms with E-state index in [1.165, 1.54) is 6.92 Å². The average molecular weight is 262 g/mol. The van der Waals surface area contributed by atoms with E-state index in [2.05, 4.69) is 0 Å². The Morgan fingerprint density at radius 3 is 2.32 bits per heavy atom. The van der Waals surface area contributed by atoms with Gasteiger partial charge in [-0.3, -0.25) is 14.4 Å². The summed E-state index contributed by atoms with van der Waals surface area (Å²) in [4.78, 5) is 35.7. The van der Waals surface area contributed by atoms with Crippen molar-refractivity contribution >= 4 is 17.3 Å². The van der Waals surface area contributed by atoms with Gasteiger partial charge < -0.3 is 4.74 Å². The fourth-order valence-corrected chi connectivity index (χ4v) is 1.79. The molecule has 0 aromatic heterocycles. The summed E-state index contributed by atoms with van der Waals surface area (Å²) in [6.07, 6.45) is 0.0800. The Hall–Kier alpha value is -1.81. The van der Waals surface area contributed by atoms with E-state index in [0.29, 0.717) is 12.2 Å². The minimum Gasteiger partial charge on any atom is -0.381 e. The molecule has 0 N–H and O–H groups in total. The molecule has 4 nitrogen and oxygen atoms in total. The van der Waals surface area contributed by atoms with Crippen LogP contribution < -0.4 is 0 Å². The Balaban J connectivity index is 2.80. The average Bonchev–Trinajstić information content (AvgIpc) is 2.39. The van der Waals surface area contributed by atoms with E-state index < -0.39 is 17.5 Å². The van der Waals surface area contributed by atoms with Gasteiger partial charge in [-0.1, -0.05) is 30.3 Å². The van der Waals surface area contributed by atoms with Crippen LogP contribution in [0.3, 0.4) is 0 Å². The lowest BCUT2D eigenvalue weighted by molar-refractivity contribution is -0.130. The number of hydrogen-bond acceptors (Lipinski definition) is 4. The van der Waals surface area contributed by atoms with Gasteiger partial charge in [0.2, 0.25) is 0 Å². The van der Waals surface area contributed by atoms with Gasteiger partial charge in [0.1, 0.15) is 11.7 Å². The number of carbonyl (C=O) groups excluding carboxylic acids is 3. The van der Waals surface area contributed by atoms with Crippen molar-refractivity contribution in [2.24, 2.45) is 5.92 Å². The van der Waals surface area contributed by atoms with Crippen molar-refractivity contribution in [3.05, 3.63) is 35.9 Å². The van der Waals surface area contributed by atoms with E-state index in [0.717, 1.165) is 0 Å². The zero-order chi connectivity index (χ0) is 14.3. The molecule has 1 aromatic carbocycles. The molecule has 0 saturated heterocycles. The van der Waals surface area contributed by atoms with Crippen LogP contribution in [0.2, 0.25) is 0 Å². The Morgan fingerprint density at radius 2 is 1.79 bits per heavy atom. The standard InChI is InChI=1S/C15H18O4/c1-3-19-10-9-13(17)14(11(2)16)15(18)12-7-5-4-6-8-12/h4-8,14H,3,9-10H2,1-2H3. The fourth-order valence-electron chi connectivity index (χ4n) is 1.79. The molecule has 0 amide bonds. The maximum atomic E-state index is 12.2. The molecule has 0 aliphatic rings. The summed E-state index contributed by atoms with van der Waals surface area (Å²) in [6.45, 7) is 3.83. The van der Waals surface area contributed by atoms with Gasteiger partial charge in [0.05, 0.1) is 6.61 Å². The van der Waals surface area contributed by atoms with Crippen molar-refractivity contribution in [1.29, 1.82) is 0 Å². The molecule has 1 aromatic rings. The van der Waals surface area contributed by atoms with Gasteiger partial charge in [0.25, 0.3) is 0 Å². The van der Waals surface area contributed by atoms with Crippen LogP contribution in [0.25, 0.3) is 0 Å². The molecule has 0 saturated carbocycles. The van der Waals surface area contributed by atoms with Gasteiger partial charge in [-0.05, 0) is 13.8 Å². The minimum atomic E-state index is -1.21. The summed E-state index contributed by atoms with van der Waals surface area (Å²) in [5.74, 6) is -2.44. The molecule has 1 rings (SSSR count). The van der Waals surface area contributed by atoms with Crippen LogP contribution in [0.1, 0.15) is 30.6 Å². The first kappa shape index (κ1) is 15.2. The number of ether oxygens (including phenoxy) is 1. The van der Waals surface area contributed by atoms with E-state index in [-0.39, 0.29) is 18.8 Å². The van der Waals surface area contributed by atoms with Crippen LogP contribution in [0.5, 0.6) is 0 Å². The first-order valence-electron chi connectivity index (χ1n) is 6.28. The first-order valence-corrected chi connectivity index (χ1v) is 6.28. The van der Waals surface area contributed by atoms with Crippen LogP contribution >= 0.6 is 0 Å². The maximum absolute atomic E-state index is 12.2. The first-order chi connectivity index (χ1) is 9.07. The molecule has 4 heteroatoms. The highest BCUT2D eigenvalue weighted by Crippen LogP contribution is 2.13. The summed E-state index contributed by atoms with van der Waals surface area (Å²) in [5, 5.41) is 0. The van der Waals surface area contributed by atoms with E-state index >= 15 is 0 Å². The molecule has 1 unspecified atom stereocenters. The molecule has 102 valence electrons. The lowest BCUT2D eigenvalue weighted by atomic mass is 9.89. The van der Waals surface area contributed by atoms with E-state index in [1.54, 1.807) is 30.3 Å². The van der Waals surface area contributed by atoms with Crippen molar-refractivity contribution in [2.45, 2.75) is 20.3 Å². The normalized spacial score (nSPS) is 11.9. The monoisotopic (exact) mass is 262 g/mol. The van der Waals surface area contributed by atoms with E-state index in [1.807, 2.05) is 6.92 Å². The zero-order valence-corrected chi connectivity index (χ0v) is 11.2. The molecule has 0 spiro atoms. The Morgan fingerprint density at radius 1 is 1.16 bits per heavy atom. The minimum absolute atomic E-state index is 0.0800. The van der Waals surface area contributed by atoms with Crippen molar-refractivity contribution in [2.75, 3.05) is 13.2 Å². The van der Waals surface area contributed by atoms with Crippen LogP contribution in [0.15, 0.2) is 30.3 Å². The van der Waals surface area contributed by atoms with Gasteiger partial charge in [0, 0.05) is 18.6 Å². The van der Waals surface area contributed by atoms with Crippen LogP contribution in [-0.4, -0.2) is 30.6 Å². The number of Topliss-reactive ketones (excluding diaryl/α,β-unsaturated/α-hetero) is 3. The molecule has 0 aliphatic heterocycles. The van der Waals surface area contributed by atoms with Crippen molar-refractivity contribution in [3.63, 3.8) is 0 Å². The van der Waals surface area contributed by atoms with Gasteiger partial charge in [-0.2, -0.15) is 0 Å². The van der Waals surface area contributed by atoms with Gasteiger partial charge in [-0.15, -0.1) is 0 Å². The highest BCUT2D eigenvalue weighted by molar-refractivity contribution is 6.23. The number of carbonyl (C=O) groups is 3. The summed E-state index contributed by atoms with van der Waals surface area (Å²) in [6, 6.07) is 8.39. The molecule has 0 heterocycles. The number of benzene rings is 1. The van der Waals surface area contributed by atoms with E-state index in [9.17, 15) is 14.4 Å². The topological polar surface area (TPSA) is 60.4 Å². The lowest BCUT2D eigenvalue weighted by Gasteiger charge is -2.11. The quantitative estimate of drug-likeness (QED) is 0.409. The van der Waals surface area contributed by atoms with Crippen molar-refractivity contribution in [3.8, 4) is 0 Å². The predicted molar refractivity (Wildman–Crippen MR) is 71.1 cm³/mol.